The van der Waals surface area contributed by atoms with Crippen LogP contribution >= 0.6 is 11.6 Å². The topological polar surface area (TPSA) is 70.5 Å². The van der Waals surface area contributed by atoms with E-state index in [2.05, 4.69) is 20.2 Å². The van der Waals surface area contributed by atoms with Crippen LogP contribution < -0.4 is 15.0 Å². The number of aromatic nitrogens is 2. The normalized spacial score (nSPS) is 13.1. The van der Waals surface area contributed by atoms with Crippen molar-refractivity contribution >= 4 is 34.7 Å². The summed E-state index contributed by atoms with van der Waals surface area (Å²) in [5.41, 5.74) is 2.81. The highest BCUT2D eigenvalue weighted by molar-refractivity contribution is 6.17. The highest BCUT2D eigenvalue weighted by atomic mass is 35.5. The monoisotopic (exact) mass is 410 g/mol. The summed E-state index contributed by atoms with van der Waals surface area (Å²) in [5.74, 6) is 2.99. The summed E-state index contributed by atoms with van der Waals surface area (Å²) in [6.07, 6.45) is 4.37. The van der Waals surface area contributed by atoms with Crippen molar-refractivity contribution in [2.24, 2.45) is 0 Å². The molecule has 2 heterocycles. The van der Waals surface area contributed by atoms with Gasteiger partial charge in [-0.3, -0.25) is 0 Å². The summed E-state index contributed by atoms with van der Waals surface area (Å²) in [5, 5.41) is 13.4. The van der Waals surface area contributed by atoms with Crippen molar-refractivity contribution in [3.8, 4) is 11.5 Å². The standard InChI is InChI=1S/C22H23ClN4O2/c23-11-4-14-29-17-6-1-5-16(15-17)25-22-24-12-10-21(26-22)27-13-3-7-18-19(27)8-2-9-20(18)28/h1-2,5-6,8-10,12,15,28H,3-4,7,11,13-14H2,(H,24,25,26). The lowest BCUT2D eigenvalue weighted by Gasteiger charge is -2.30. The number of fused-ring (bicyclic) bond motifs is 1. The van der Waals surface area contributed by atoms with Crippen molar-refractivity contribution in [1.82, 2.24) is 9.97 Å². The molecule has 0 spiro atoms. The average Bonchev–Trinajstić information content (AvgIpc) is 2.74. The first-order chi connectivity index (χ1) is 14.2. The number of alkyl halides is 1. The second-order valence-corrected chi connectivity index (χ2v) is 7.19. The molecule has 0 amide bonds. The van der Waals surface area contributed by atoms with E-state index in [0.29, 0.717) is 24.2 Å². The van der Waals surface area contributed by atoms with Gasteiger partial charge in [-0.1, -0.05) is 12.1 Å². The van der Waals surface area contributed by atoms with Gasteiger partial charge in [0.05, 0.1) is 6.61 Å². The maximum atomic E-state index is 10.2. The second-order valence-electron chi connectivity index (χ2n) is 6.81. The van der Waals surface area contributed by atoms with Crippen LogP contribution in [0.3, 0.4) is 0 Å². The maximum Gasteiger partial charge on any atom is 0.229 e. The Hall–Kier alpha value is -2.99. The summed E-state index contributed by atoms with van der Waals surface area (Å²) in [7, 11) is 0. The van der Waals surface area contributed by atoms with Crippen LogP contribution in [0.2, 0.25) is 0 Å². The van der Waals surface area contributed by atoms with E-state index in [1.54, 1.807) is 12.3 Å². The molecule has 0 unspecified atom stereocenters. The first-order valence-corrected chi connectivity index (χ1v) is 10.3. The van der Waals surface area contributed by atoms with Crippen LogP contribution in [0.5, 0.6) is 11.5 Å². The predicted octanol–water partition coefficient (Wildman–Crippen LogP) is 5.02. The van der Waals surface area contributed by atoms with Gasteiger partial charge in [0.25, 0.3) is 0 Å². The molecule has 0 fully saturated rings. The lowest BCUT2D eigenvalue weighted by atomic mass is 10.0. The molecule has 0 saturated heterocycles. The van der Waals surface area contributed by atoms with Crippen molar-refractivity contribution < 1.29 is 9.84 Å². The molecule has 0 radical (unpaired) electrons. The van der Waals surface area contributed by atoms with Gasteiger partial charge in [-0.05, 0) is 49.6 Å². The number of aromatic hydroxyl groups is 1. The number of anilines is 4. The fourth-order valence-corrected chi connectivity index (χ4v) is 3.55. The summed E-state index contributed by atoms with van der Waals surface area (Å²) < 4.78 is 5.70. The molecule has 2 aromatic carbocycles. The van der Waals surface area contributed by atoms with Crippen LogP contribution in [0.25, 0.3) is 0 Å². The molecule has 0 atom stereocenters. The molecule has 1 aliphatic heterocycles. The van der Waals surface area contributed by atoms with Crippen LogP contribution in [0.1, 0.15) is 18.4 Å². The van der Waals surface area contributed by atoms with Crippen molar-refractivity contribution in [3.05, 3.63) is 60.3 Å². The van der Waals surface area contributed by atoms with Gasteiger partial charge in [-0.2, -0.15) is 4.98 Å². The van der Waals surface area contributed by atoms with E-state index in [4.69, 9.17) is 16.3 Å². The number of phenolic OH excluding ortho intramolecular Hbond substituents is 1. The molecular formula is C22H23ClN4O2. The molecule has 4 rings (SSSR count). The summed E-state index contributed by atoms with van der Waals surface area (Å²) >= 11 is 5.70. The van der Waals surface area contributed by atoms with E-state index < -0.39 is 0 Å². The van der Waals surface area contributed by atoms with Crippen molar-refractivity contribution in [3.63, 3.8) is 0 Å². The first kappa shape index (κ1) is 19.3. The molecule has 1 aliphatic rings. The first-order valence-electron chi connectivity index (χ1n) is 9.72. The number of hydrogen-bond acceptors (Lipinski definition) is 6. The van der Waals surface area contributed by atoms with Crippen LogP contribution in [0, 0.1) is 0 Å². The van der Waals surface area contributed by atoms with Gasteiger partial charge in [0.1, 0.15) is 17.3 Å². The van der Waals surface area contributed by atoms with Gasteiger partial charge < -0.3 is 20.1 Å². The minimum absolute atomic E-state index is 0.339. The molecule has 0 aliphatic carbocycles. The summed E-state index contributed by atoms with van der Waals surface area (Å²) in [6.45, 7) is 1.43. The number of halogens is 1. The van der Waals surface area contributed by atoms with Crippen LogP contribution in [0.15, 0.2) is 54.7 Å². The lowest BCUT2D eigenvalue weighted by molar-refractivity contribution is 0.318. The van der Waals surface area contributed by atoms with Crippen molar-refractivity contribution in [1.29, 1.82) is 0 Å². The van der Waals surface area contributed by atoms with E-state index in [-0.39, 0.29) is 0 Å². The zero-order chi connectivity index (χ0) is 20.1. The van der Waals surface area contributed by atoms with E-state index in [1.165, 1.54) is 0 Å². The number of ether oxygens (including phenoxy) is 1. The van der Waals surface area contributed by atoms with Crippen molar-refractivity contribution in [2.45, 2.75) is 19.3 Å². The predicted molar refractivity (Wildman–Crippen MR) is 116 cm³/mol. The Labute approximate surface area is 175 Å². The number of phenols is 1. The van der Waals surface area contributed by atoms with Crippen LogP contribution in [-0.4, -0.2) is 34.1 Å². The van der Waals surface area contributed by atoms with Crippen molar-refractivity contribution in [2.75, 3.05) is 29.2 Å². The fourth-order valence-electron chi connectivity index (χ4n) is 3.44. The van der Waals surface area contributed by atoms with Crippen LogP contribution in [-0.2, 0) is 6.42 Å². The summed E-state index contributed by atoms with van der Waals surface area (Å²) in [4.78, 5) is 11.2. The molecule has 150 valence electrons. The van der Waals surface area contributed by atoms with E-state index in [9.17, 15) is 5.11 Å². The number of hydrogen-bond donors (Lipinski definition) is 2. The molecule has 3 aromatic rings. The molecular weight excluding hydrogens is 388 g/mol. The summed E-state index contributed by atoms with van der Waals surface area (Å²) in [6, 6.07) is 15.2. The molecule has 2 N–H and O–H groups in total. The van der Waals surface area contributed by atoms with E-state index in [0.717, 1.165) is 54.3 Å². The number of nitrogens with zero attached hydrogens (tertiary/aromatic N) is 3. The van der Waals surface area contributed by atoms with E-state index in [1.807, 2.05) is 42.5 Å². The van der Waals surface area contributed by atoms with Gasteiger partial charge >= 0.3 is 0 Å². The third-order valence-electron chi connectivity index (χ3n) is 4.78. The van der Waals surface area contributed by atoms with Gasteiger partial charge in [0, 0.05) is 41.6 Å². The molecule has 29 heavy (non-hydrogen) atoms. The quantitative estimate of drug-likeness (QED) is 0.421. The Balaban J connectivity index is 1.54. The lowest BCUT2D eigenvalue weighted by Crippen LogP contribution is -2.25. The Morgan fingerprint density at radius 3 is 2.97 bits per heavy atom. The molecule has 6 nitrogen and oxygen atoms in total. The average molecular weight is 411 g/mol. The molecule has 0 saturated carbocycles. The number of nitrogens with one attached hydrogen (secondary N) is 1. The fraction of sp³-hybridized carbons (Fsp3) is 0.273. The zero-order valence-electron chi connectivity index (χ0n) is 16.0. The Morgan fingerprint density at radius 2 is 2.07 bits per heavy atom. The van der Waals surface area contributed by atoms with Gasteiger partial charge in [-0.25, -0.2) is 4.98 Å². The van der Waals surface area contributed by atoms with Gasteiger partial charge in [0.15, 0.2) is 0 Å². The highest BCUT2D eigenvalue weighted by Gasteiger charge is 2.21. The minimum atomic E-state index is 0.339. The van der Waals surface area contributed by atoms with Crippen LogP contribution in [0.4, 0.5) is 23.1 Å². The maximum absolute atomic E-state index is 10.2. The van der Waals surface area contributed by atoms with E-state index >= 15 is 0 Å². The smallest absolute Gasteiger partial charge is 0.229 e. The third kappa shape index (κ3) is 4.54. The Bertz CT molecular complexity index is 983. The number of benzene rings is 2. The Kier molecular flexibility index (Phi) is 6.00. The molecule has 0 bridgehead atoms. The third-order valence-corrected chi connectivity index (χ3v) is 5.05. The number of rotatable bonds is 7. The van der Waals surface area contributed by atoms with Gasteiger partial charge in [-0.15, -0.1) is 11.6 Å². The SMILES string of the molecule is Oc1cccc2c1CCCN2c1ccnc(Nc2cccc(OCCCCl)c2)n1. The minimum Gasteiger partial charge on any atom is -0.508 e. The molecule has 7 heteroatoms. The molecule has 1 aromatic heterocycles. The zero-order valence-corrected chi connectivity index (χ0v) is 16.8. The highest BCUT2D eigenvalue weighted by Crippen LogP contribution is 2.37. The second kappa shape index (κ2) is 9.01. The Morgan fingerprint density at radius 1 is 1.17 bits per heavy atom. The largest absolute Gasteiger partial charge is 0.508 e. The van der Waals surface area contributed by atoms with Gasteiger partial charge in [0.2, 0.25) is 5.95 Å².